The van der Waals surface area contributed by atoms with E-state index in [2.05, 4.69) is 0 Å². The van der Waals surface area contributed by atoms with Crippen molar-refractivity contribution in [1.29, 1.82) is 0 Å². The highest BCUT2D eigenvalue weighted by molar-refractivity contribution is 5.66. The number of hydrogen-bond donors (Lipinski definition) is 1. The van der Waals surface area contributed by atoms with Crippen molar-refractivity contribution < 1.29 is 14.6 Å². The van der Waals surface area contributed by atoms with Gasteiger partial charge in [-0.15, -0.1) is 0 Å². The third kappa shape index (κ3) is 5.64. The summed E-state index contributed by atoms with van der Waals surface area (Å²) >= 11 is 0. The molecule has 0 aliphatic heterocycles. The van der Waals surface area contributed by atoms with Gasteiger partial charge in [0.1, 0.15) is 0 Å². The molecule has 0 aromatic carbocycles. The van der Waals surface area contributed by atoms with Crippen LogP contribution >= 0.6 is 0 Å². The number of ether oxygens (including phenoxy) is 1. The van der Waals surface area contributed by atoms with Gasteiger partial charge in [0.05, 0.1) is 5.60 Å². The van der Waals surface area contributed by atoms with Gasteiger partial charge in [-0.3, -0.25) is 4.79 Å². The first-order chi connectivity index (χ1) is 6.04. The number of aliphatic carboxylic acids is 1. The van der Waals surface area contributed by atoms with E-state index < -0.39 is 5.97 Å². The van der Waals surface area contributed by atoms with Crippen LogP contribution < -0.4 is 0 Å². The average Bonchev–Trinajstić information content (AvgIpc) is 2.11. The maximum absolute atomic E-state index is 10.4. The summed E-state index contributed by atoms with van der Waals surface area (Å²) in [6, 6.07) is 0. The second-order valence-corrected chi connectivity index (χ2v) is 3.55. The van der Waals surface area contributed by atoms with Gasteiger partial charge in [0, 0.05) is 13.0 Å². The number of hydrogen-bond acceptors (Lipinski definition) is 2. The van der Waals surface area contributed by atoms with E-state index in [1.165, 1.54) is 0 Å². The summed E-state index contributed by atoms with van der Waals surface area (Å²) in [6.45, 7) is 6.76. The minimum Gasteiger partial charge on any atom is -0.481 e. The lowest BCUT2D eigenvalue weighted by Crippen LogP contribution is -2.29. The molecule has 3 heteroatoms. The lowest BCUT2D eigenvalue weighted by molar-refractivity contribution is -0.139. The fourth-order valence-corrected chi connectivity index (χ4v) is 1.07. The molecular weight excluding hydrogens is 168 g/mol. The van der Waals surface area contributed by atoms with Gasteiger partial charge in [0.2, 0.25) is 0 Å². The van der Waals surface area contributed by atoms with Crippen molar-refractivity contribution in [3.05, 3.63) is 0 Å². The van der Waals surface area contributed by atoms with Crippen LogP contribution in [0.2, 0.25) is 0 Å². The van der Waals surface area contributed by atoms with Crippen molar-refractivity contribution in [2.45, 2.75) is 52.1 Å². The van der Waals surface area contributed by atoms with Gasteiger partial charge in [0.15, 0.2) is 0 Å². The van der Waals surface area contributed by atoms with Crippen LogP contribution in [0.5, 0.6) is 0 Å². The Morgan fingerprint density at radius 3 is 2.46 bits per heavy atom. The highest BCUT2D eigenvalue weighted by Gasteiger charge is 2.23. The van der Waals surface area contributed by atoms with Crippen molar-refractivity contribution in [2.24, 2.45) is 0 Å². The van der Waals surface area contributed by atoms with Crippen LogP contribution in [0.3, 0.4) is 0 Å². The molecule has 1 unspecified atom stereocenters. The maximum Gasteiger partial charge on any atom is 0.303 e. The molecule has 0 radical (unpaired) electrons. The van der Waals surface area contributed by atoms with E-state index in [1.807, 2.05) is 20.8 Å². The first-order valence-corrected chi connectivity index (χ1v) is 4.90. The van der Waals surface area contributed by atoms with Gasteiger partial charge in [-0.1, -0.05) is 13.8 Å². The molecule has 0 aromatic heterocycles. The molecule has 0 rings (SSSR count). The van der Waals surface area contributed by atoms with E-state index in [4.69, 9.17) is 9.84 Å². The molecule has 0 aromatic rings. The Morgan fingerprint density at radius 1 is 1.46 bits per heavy atom. The van der Waals surface area contributed by atoms with Gasteiger partial charge < -0.3 is 9.84 Å². The molecule has 0 heterocycles. The van der Waals surface area contributed by atoms with Gasteiger partial charge >= 0.3 is 5.97 Å². The third-order valence-electron chi connectivity index (χ3n) is 2.27. The molecule has 3 nitrogen and oxygen atoms in total. The maximum atomic E-state index is 10.4. The van der Waals surface area contributed by atoms with Crippen molar-refractivity contribution in [3.8, 4) is 0 Å². The van der Waals surface area contributed by atoms with E-state index in [1.54, 1.807) is 0 Å². The second-order valence-electron chi connectivity index (χ2n) is 3.55. The Hall–Kier alpha value is -0.570. The van der Waals surface area contributed by atoms with Crippen molar-refractivity contribution >= 4 is 5.97 Å². The van der Waals surface area contributed by atoms with Crippen molar-refractivity contribution in [2.75, 3.05) is 6.61 Å². The lowest BCUT2D eigenvalue weighted by Gasteiger charge is -2.27. The number of carbonyl (C=O) groups is 1. The van der Waals surface area contributed by atoms with E-state index in [-0.39, 0.29) is 12.0 Å². The van der Waals surface area contributed by atoms with Crippen molar-refractivity contribution in [3.63, 3.8) is 0 Å². The second kappa shape index (κ2) is 5.97. The summed E-state index contributed by atoms with van der Waals surface area (Å²) in [5.74, 6) is -0.750. The molecule has 0 saturated heterocycles. The first-order valence-electron chi connectivity index (χ1n) is 4.90. The predicted octanol–water partition coefficient (Wildman–Crippen LogP) is 2.45. The highest BCUT2D eigenvalue weighted by atomic mass is 16.5. The SMILES string of the molecule is CCCOC(C)(CC)CCC(=O)O. The average molecular weight is 188 g/mol. The smallest absolute Gasteiger partial charge is 0.303 e. The number of carboxylic acids is 1. The Balaban J connectivity index is 3.87. The molecule has 0 amide bonds. The standard InChI is InChI=1S/C10H20O3/c1-4-8-13-10(3,5-2)7-6-9(11)12/h4-8H2,1-3H3,(H,11,12). The van der Waals surface area contributed by atoms with Crippen LogP contribution in [0.15, 0.2) is 0 Å². The Kier molecular flexibility index (Phi) is 5.71. The van der Waals surface area contributed by atoms with Crippen LogP contribution in [0.25, 0.3) is 0 Å². The number of carboxylic acid groups (broad SMARTS) is 1. The van der Waals surface area contributed by atoms with Crippen LogP contribution in [-0.2, 0) is 9.53 Å². The fourth-order valence-electron chi connectivity index (χ4n) is 1.07. The van der Waals surface area contributed by atoms with Crippen LogP contribution in [0, 0.1) is 0 Å². The predicted molar refractivity (Wildman–Crippen MR) is 51.8 cm³/mol. The van der Waals surface area contributed by atoms with E-state index >= 15 is 0 Å². The molecular formula is C10H20O3. The van der Waals surface area contributed by atoms with Crippen LogP contribution in [0.4, 0.5) is 0 Å². The zero-order valence-electron chi connectivity index (χ0n) is 8.80. The summed E-state index contributed by atoms with van der Waals surface area (Å²) < 4.78 is 5.62. The monoisotopic (exact) mass is 188 g/mol. The van der Waals surface area contributed by atoms with Gasteiger partial charge in [-0.2, -0.15) is 0 Å². The summed E-state index contributed by atoms with van der Waals surface area (Å²) in [5.41, 5.74) is -0.256. The summed E-state index contributed by atoms with van der Waals surface area (Å²) in [4.78, 5) is 10.4. The summed E-state index contributed by atoms with van der Waals surface area (Å²) in [7, 11) is 0. The first kappa shape index (κ1) is 12.4. The summed E-state index contributed by atoms with van der Waals surface area (Å²) in [6.07, 6.45) is 2.62. The molecule has 0 aliphatic carbocycles. The Morgan fingerprint density at radius 2 is 2.08 bits per heavy atom. The van der Waals surface area contributed by atoms with Crippen molar-refractivity contribution in [1.82, 2.24) is 0 Å². The number of rotatable bonds is 7. The van der Waals surface area contributed by atoms with Crippen LogP contribution in [0.1, 0.15) is 46.5 Å². The van der Waals surface area contributed by atoms with E-state index in [9.17, 15) is 4.79 Å². The third-order valence-corrected chi connectivity index (χ3v) is 2.27. The molecule has 0 saturated carbocycles. The topological polar surface area (TPSA) is 46.5 Å². The molecule has 0 aliphatic rings. The highest BCUT2D eigenvalue weighted by Crippen LogP contribution is 2.21. The molecule has 13 heavy (non-hydrogen) atoms. The normalized spacial score (nSPS) is 15.3. The van der Waals surface area contributed by atoms with E-state index in [0.717, 1.165) is 12.8 Å². The summed E-state index contributed by atoms with van der Waals surface area (Å²) in [5, 5.41) is 8.54. The van der Waals surface area contributed by atoms with Crippen LogP contribution in [-0.4, -0.2) is 23.3 Å². The van der Waals surface area contributed by atoms with Gasteiger partial charge in [-0.25, -0.2) is 0 Å². The quantitative estimate of drug-likeness (QED) is 0.667. The molecule has 0 fully saturated rings. The molecule has 1 N–H and O–H groups in total. The van der Waals surface area contributed by atoms with Gasteiger partial charge in [-0.05, 0) is 26.2 Å². The lowest BCUT2D eigenvalue weighted by atomic mass is 9.97. The zero-order valence-corrected chi connectivity index (χ0v) is 8.80. The Labute approximate surface area is 80.1 Å². The molecule has 1 atom stereocenters. The minimum atomic E-state index is -0.750. The molecule has 78 valence electrons. The molecule has 0 bridgehead atoms. The van der Waals surface area contributed by atoms with Gasteiger partial charge in [0.25, 0.3) is 0 Å². The Bertz CT molecular complexity index is 156. The minimum absolute atomic E-state index is 0.189. The fraction of sp³-hybridized carbons (Fsp3) is 0.900. The largest absolute Gasteiger partial charge is 0.481 e. The molecule has 0 spiro atoms. The van der Waals surface area contributed by atoms with E-state index in [0.29, 0.717) is 13.0 Å². The zero-order chi connectivity index (χ0) is 10.3.